The Morgan fingerprint density at radius 1 is 1.20 bits per heavy atom. The van der Waals surface area contributed by atoms with Crippen molar-refractivity contribution in [1.82, 2.24) is 24.2 Å². The van der Waals surface area contributed by atoms with Crippen LogP contribution in [0.2, 0.25) is 0 Å². The lowest BCUT2D eigenvalue weighted by Gasteiger charge is -2.31. The van der Waals surface area contributed by atoms with Crippen LogP contribution in [0.1, 0.15) is 29.0 Å². The molecule has 30 heavy (non-hydrogen) atoms. The average Bonchev–Trinajstić information content (AvgIpc) is 3.06. The molecule has 158 valence electrons. The molecule has 1 amide bonds. The number of rotatable bonds is 3. The van der Waals surface area contributed by atoms with Gasteiger partial charge < -0.3 is 4.90 Å². The van der Waals surface area contributed by atoms with E-state index in [0.29, 0.717) is 37.7 Å². The van der Waals surface area contributed by atoms with Crippen molar-refractivity contribution in [3.05, 3.63) is 58.4 Å². The molecule has 10 heteroatoms. The Kier molecular flexibility index (Phi) is 5.08. The third kappa shape index (κ3) is 3.81. The zero-order valence-electron chi connectivity index (χ0n) is 16.3. The van der Waals surface area contributed by atoms with Gasteiger partial charge in [-0.2, -0.15) is 18.3 Å². The largest absolute Gasteiger partial charge is 0.433 e. The molecular formula is C20H20F3N5O2. The molecular weight excluding hydrogens is 399 g/mol. The van der Waals surface area contributed by atoms with Crippen LogP contribution in [0.3, 0.4) is 0 Å². The van der Waals surface area contributed by atoms with Crippen LogP contribution in [0.4, 0.5) is 13.2 Å². The number of carbonyl (C=O) groups is 1. The second-order valence-corrected chi connectivity index (χ2v) is 7.49. The van der Waals surface area contributed by atoms with Gasteiger partial charge in [0.1, 0.15) is 0 Å². The maximum atomic E-state index is 13.0. The van der Waals surface area contributed by atoms with E-state index in [0.717, 1.165) is 17.2 Å². The molecule has 1 aliphatic heterocycles. The lowest BCUT2D eigenvalue weighted by molar-refractivity contribution is -0.141. The molecule has 1 fully saturated rings. The summed E-state index contributed by atoms with van der Waals surface area (Å²) in [6, 6.07) is 8.04. The van der Waals surface area contributed by atoms with Crippen LogP contribution in [0.15, 0.2) is 41.5 Å². The Morgan fingerprint density at radius 3 is 2.57 bits per heavy atom. The van der Waals surface area contributed by atoms with Crippen molar-refractivity contribution in [2.45, 2.75) is 25.6 Å². The molecule has 0 aliphatic carbocycles. The minimum absolute atomic E-state index is 0.0748. The number of hydrogen-bond donors (Lipinski definition) is 0. The Labute approximate surface area is 169 Å². The van der Waals surface area contributed by atoms with Crippen LogP contribution < -0.4 is 5.56 Å². The third-order valence-electron chi connectivity index (χ3n) is 5.49. The van der Waals surface area contributed by atoms with Gasteiger partial charge in [-0.15, -0.1) is 0 Å². The maximum absolute atomic E-state index is 13.0. The molecule has 0 N–H and O–H groups in total. The van der Waals surface area contributed by atoms with Crippen molar-refractivity contribution in [3.63, 3.8) is 0 Å². The van der Waals surface area contributed by atoms with Crippen LogP contribution in [-0.2, 0) is 19.8 Å². The van der Waals surface area contributed by atoms with Gasteiger partial charge >= 0.3 is 6.18 Å². The molecule has 0 bridgehead atoms. The van der Waals surface area contributed by atoms with Gasteiger partial charge in [-0.25, -0.2) is 4.98 Å². The molecule has 4 rings (SSSR count). The number of likely N-dealkylation sites (tertiary alicyclic amines) is 1. The van der Waals surface area contributed by atoms with Crippen molar-refractivity contribution >= 4 is 16.8 Å². The summed E-state index contributed by atoms with van der Waals surface area (Å²) in [5.41, 5.74) is -0.623. The number of benzene rings is 1. The Morgan fingerprint density at radius 2 is 1.90 bits per heavy atom. The minimum atomic E-state index is -4.64. The molecule has 3 aromatic rings. The van der Waals surface area contributed by atoms with Gasteiger partial charge in [0.25, 0.3) is 11.5 Å². The van der Waals surface area contributed by atoms with Gasteiger partial charge in [-0.05, 0) is 24.8 Å². The van der Waals surface area contributed by atoms with Crippen molar-refractivity contribution < 1.29 is 18.0 Å². The molecule has 1 aliphatic rings. The Hall–Kier alpha value is -3.17. The van der Waals surface area contributed by atoms with Crippen molar-refractivity contribution in [2.24, 2.45) is 13.0 Å². The number of hydrogen-bond acceptors (Lipinski definition) is 4. The fourth-order valence-corrected chi connectivity index (χ4v) is 3.84. The first-order valence-electron chi connectivity index (χ1n) is 9.58. The van der Waals surface area contributed by atoms with E-state index in [1.807, 2.05) is 24.3 Å². The predicted octanol–water partition coefficient (Wildman–Crippen LogP) is 2.70. The van der Waals surface area contributed by atoms with Crippen LogP contribution in [-0.4, -0.2) is 43.2 Å². The molecule has 2 aromatic heterocycles. The van der Waals surface area contributed by atoms with Gasteiger partial charge in [0.05, 0.1) is 11.8 Å². The molecule has 7 nitrogen and oxygen atoms in total. The van der Waals surface area contributed by atoms with E-state index >= 15 is 0 Å². The zero-order chi connectivity index (χ0) is 21.5. The fourth-order valence-electron chi connectivity index (χ4n) is 3.84. The second-order valence-electron chi connectivity index (χ2n) is 7.49. The minimum Gasteiger partial charge on any atom is -0.337 e. The first-order chi connectivity index (χ1) is 14.2. The summed E-state index contributed by atoms with van der Waals surface area (Å²) >= 11 is 0. The summed E-state index contributed by atoms with van der Waals surface area (Å²) in [5, 5.41) is 5.17. The van der Waals surface area contributed by atoms with Crippen molar-refractivity contribution in [2.75, 3.05) is 13.1 Å². The highest BCUT2D eigenvalue weighted by Gasteiger charge is 2.33. The van der Waals surface area contributed by atoms with E-state index in [1.54, 1.807) is 16.6 Å². The van der Waals surface area contributed by atoms with E-state index in [4.69, 9.17) is 0 Å². The van der Waals surface area contributed by atoms with E-state index in [1.165, 1.54) is 4.57 Å². The topological polar surface area (TPSA) is 73.0 Å². The van der Waals surface area contributed by atoms with E-state index in [2.05, 4.69) is 10.1 Å². The number of amides is 1. The van der Waals surface area contributed by atoms with Crippen LogP contribution in [0.5, 0.6) is 0 Å². The molecule has 0 unspecified atom stereocenters. The highest BCUT2D eigenvalue weighted by molar-refractivity contribution is 6.04. The number of nitrogens with zero attached hydrogens (tertiary/aromatic N) is 5. The summed E-state index contributed by atoms with van der Waals surface area (Å²) in [4.78, 5) is 30.0. The highest BCUT2D eigenvalue weighted by Crippen LogP contribution is 2.26. The molecule has 3 heterocycles. The summed E-state index contributed by atoms with van der Waals surface area (Å²) < 4.78 is 40.9. The Bertz CT molecular complexity index is 1140. The fraction of sp³-hybridized carbons (Fsp3) is 0.400. The van der Waals surface area contributed by atoms with Crippen LogP contribution in [0, 0.1) is 5.92 Å². The number of piperidine rings is 1. The standard InChI is InChI=1S/C20H20F3N5O2/c1-26-15-5-3-2-4-14(15)18(25-26)19(30)27-8-6-13(7-9-27)11-28-12-24-16(10-17(28)29)20(21,22)23/h2-5,10,12-13H,6-9,11H2,1H3. The lowest BCUT2D eigenvalue weighted by atomic mass is 9.96. The lowest BCUT2D eigenvalue weighted by Crippen LogP contribution is -2.40. The number of halogens is 3. The highest BCUT2D eigenvalue weighted by atomic mass is 19.4. The van der Waals surface area contributed by atoms with Gasteiger partial charge in [-0.1, -0.05) is 18.2 Å². The first-order valence-corrected chi connectivity index (χ1v) is 9.58. The van der Waals surface area contributed by atoms with Crippen LogP contribution in [0.25, 0.3) is 10.9 Å². The Balaban J connectivity index is 1.42. The summed E-state index contributed by atoms with van der Waals surface area (Å²) in [5.74, 6) is -0.0654. The summed E-state index contributed by atoms with van der Waals surface area (Å²) in [7, 11) is 1.79. The van der Waals surface area contributed by atoms with Crippen molar-refractivity contribution in [3.8, 4) is 0 Å². The zero-order valence-corrected chi connectivity index (χ0v) is 16.3. The second kappa shape index (κ2) is 7.58. The molecule has 0 saturated carbocycles. The number of para-hydroxylation sites is 1. The van der Waals surface area contributed by atoms with Gasteiger partial charge in [0.2, 0.25) is 0 Å². The quantitative estimate of drug-likeness (QED) is 0.655. The molecule has 0 spiro atoms. The van der Waals surface area contributed by atoms with Crippen molar-refractivity contribution in [1.29, 1.82) is 0 Å². The first kappa shape index (κ1) is 20.1. The van der Waals surface area contributed by atoms with E-state index in [9.17, 15) is 22.8 Å². The number of alkyl halides is 3. The number of aromatic nitrogens is 4. The number of fused-ring (bicyclic) bond motifs is 1. The summed E-state index contributed by atoms with van der Waals surface area (Å²) in [6.45, 7) is 1.27. The van der Waals surface area contributed by atoms with Gasteiger partial charge in [0.15, 0.2) is 11.4 Å². The van der Waals surface area contributed by atoms with Gasteiger partial charge in [0, 0.05) is 38.1 Å². The normalized spacial score (nSPS) is 15.7. The third-order valence-corrected chi connectivity index (χ3v) is 5.49. The molecule has 1 saturated heterocycles. The smallest absolute Gasteiger partial charge is 0.337 e. The van der Waals surface area contributed by atoms with E-state index in [-0.39, 0.29) is 18.4 Å². The molecule has 1 aromatic carbocycles. The maximum Gasteiger partial charge on any atom is 0.433 e. The average molecular weight is 419 g/mol. The number of aryl methyl sites for hydroxylation is 1. The SMILES string of the molecule is Cn1nc(C(=O)N2CCC(Cn3cnc(C(F)(F)F)cc3=O)CC2)c2ccccc21. The molecule has 0 atom stereocenters. The van der Waals surface area contributed by atoms with Crippen LogP contribution >= 0.6 is 0 Å². The summed E-state index contributed by atoms with van der Waals surface area (Å²) in [6.07, 6.45) is -2.41. The molecule has 0 radical (unpaired) electrons. The predicted molar refractivity (Wildman–Crippen MR) is 103 cm³/mol. The number of carbonyl (C=O) groups excluding carboxylic acids is 1. The monoisotopic (exact) mass is 419 g/mol. The van der Waals surface area contributed by atoms with Gasteiger partial charge in [-0.3, -0.25) is 18.8 Å². The van der Waals surface area contributed by atoms with E-state index < -0.39 is 17.4 Å².